The molecule has 1 amide bonds. The first-order valence-electron chi connectivity index (χ1n) is 10.0. The van der Waals surface area contributed by atoms with E-state index in [0.717, 1.165) is 27.8 Å². The fourth-order valence-corrected chi connectivity index (χ4v) is 3.51. The van der Waals surface area contributed by atoms with Crippen LogP contribution in [0.25, 0.3) is 21.9 Å². The van der Waals surface area contributed by atoms with Gasteiger partial charge in [0.1, 0.15) is 16.8 Å². The Morgan fingerprint density at radius 3 is 2.90 bits per heavy atom. The normalized spacial score (nSPS) is 11.1. The van der Waals surface area contributed by atoms with Crippen molar-refractivity contribution in [3.63, 3.8) is 0 Å². The number of H-pyrrole nitrogens is 1. The Morgan fingerprint density at radius 1 is 1.23 bits per heavy atom. The smallest absolute Gasteiger partial charge is 0.277 e. The number of carbonyl (C=O) groups excluding carboxylic acids is 1. The molecule has 4 aromatic rings. The number of aryl methyl sites for hydroxylation is 2. The van der Waals surface area contributed by atoms with Crippen LogP contribution in [0.15, 0.2) is 53.6 Å². The van der Waals surface area contributed by atoms with Gasteiger partial charge in [0.2, 0.25) is 5.91 Å². The molecule has 0 unspecified atom stereocenters. The van der Waals surface area contributed by atoms with E-state index in [1.165, 1.54) is 10.9 Å². The molecular weight excluding hydrogens is 380 g/mol. The maximum absolute atomic E-state index is 12.8. The van der Waals surface area contributed by atoms with Gasteiger partial charge in [0.15, 0.2) is 0 Å². The molecule has 0 radical (unpaired) electrons. The van der Waals surface area contributed by atoms with Crippen LogP contribution < -0.4 is 15.6 Å². The van der Waals surface area contributed by atoms with Crippen LogP contribution in [0.4, 0.5) is 0 Å². The van der Waals surface area contributed by atoms with E-state index in [9.17, 15) is 9.59 Å². The maximum atomic E-state index is 12.8. The lowest BCUT2D eigenvalue weighted by atomic mass is 10.2. The van der Waals surface area contributed by atoms with Crippen molar-refractivity contribution in [1.82, 2.24) is 19.9 Å². The summed E-state index contributed by atoms with van der Waals surface area (Å²) in [5.41, 5.74) is 3.85. The van der Waals surface area contributed by atoms with Crippen LogP contribution in [0.1, 0.15) is 24.5 Å². The fraction of sp³-hybridized carbons (Fsp3) is 0.261. The molecule has 0 atom stereocenters. The highest BCUT2D eigenvalue weighted by Gasteiger charge is 2.12. The number of nitrogens with zero attached hydrogens (tertiary/aromatic N) is 2. The highest BCUT2D eigenvalue weighted by atomic mass is 16.5. The first-order valence-corrected chi connectivity index (χ1v) is 10.0. The highest BCUT2D eigenvalue weighted by molar-refractivity contribution is 6.04. The van der Waals surface area contributed by atoms with Gasteiger partial charge in [-0.3, -0.25) is 14.2 Å². The van der Waals surface area contributed by atoms with Gasteiger partial charge in [0.05, 0.1) is 12.9 Å². The van der Waals surface area contributed by atoms with Crippen LogP contribution >= 0.6 is 0 Å². The fourth-order valence-electron chi connectivity index (χ4n) is 3.51. The van der Waals surface area contributed by atoms with E-state index in [-0.39, 0.29) is 24.4 Å². The topological polar surface area (TPSA) is 89.0 Å². The summed E-state index contributed by atoms with van der Waals surface area (Å²) in [6.45, 7) is 5.13. The van der Waals surface area contributed by atoms with Gasteiger partial charge in [-0.05, 0) is 32.0 Å². The van der Waals surface area contributed by atoms with Crippen LogP contribution in [0, 0.1) is 6.92 Å². The van der Waals surface area contributed by atoms with Gasteiger partial charge < -0.3 is 15.0 Å². The summed E-state index contributed by atoms with van der Waals surface area (Å²) >= 11 is 0. The number of ether oxygens (including phenoxy) is 1. The van der Waals surface area contributed by atoms with Crippen molar-refractivity contribution in [1.29, 1.82) is 0 Å². The molecule has 0 aliphatic rings. The first kappa shape index (κ1) is 19.7. The second-order valence-corrected chi connectivity index (χ2v) is 7.21. The minimum atomic E-state index is -0.177. The molecule has 0 aliphatic carbocycles. The Bertz CT molecular complexity index is 1270. The lowest BCUT2D eigenvalue weighted by molar-refractivity contribution is -0.121. The van der Waals surface area contributed by atoms with Crippen LogP contribution in [0.3, 0.4) is 0 Å². The third-order valence-electron chi connectivity index (χ3n) is 5.06. The number of amides is 1. The molecule has 2 aromatic carbocycles. The average Bonchev–Trinajstić information content (AvgIpc) is 3.11. The van der Waals surface area contributed by atoms with Crippen LogP contribution in [0.2, 0.25) is 0 Å². The Hall–Kier alpha value is -3.61. The van der Waals surface area contributed by atoms with Crippen molar-refractivity contribution in [3.8, 4) is 5.75 Å². The minimum Gasteiger partial charge on any atom is -0.494 e. The van der Waals surface area contributed by atoms with Gasteiger partial charge in [-0.25, -0.2) is 4.98 Å². The van der Waals surface area contributed by atoms with E-state index < -0.39 is 0 Å². The summed E-state index contributed by atoms with van der Waals surface area (Å²) in [5, 5.41) is 3.82. The number of hydrogen-bond donors (Lipinski definition) is 2. The van der Waals surface area contributed by atoms with E-state index in [2.05, 4.69) is 15.3 Å². The van der Waals surface area contributed by atoms with Gasteiger partial charge in [-0.1, -0.05) is 29.8 Å². The quantitative estimate of drug-likeness (QED) is 0.495. The third kappa shape index (κ3) is 3.91. The molecule has 0 spiro atoms. The molecular formula is C23H24N4O3. The third-order valence-corrected chi connectivity index (χ3v) is 5.06. The van der Waals surface area contributed by atoms with E-state index in [1.807, 2.05) is 56.3 Å². The highest BCUT2D eigenvalue weighted by Crippen LogP contribution is 2.22. The number of para-hydroxylation sites is 1. The van der Waals surface area contributed by atoms with Gasteiger partial charge in [0, 0.05) is 36.0 Å². The van der Waals surface area contributed by atoms with Crippen LogP contribution in [-0.2, 0) is 17.9 Å². The predicted octanol–water partition coefficient (Wildman–Crippen LogP) is 3.29. The zero-order chi connectivity index (χ0) is 21.1. The van der Waals surface area contributed by atoms with Gasteiger partial charge in [0.25, 0.3) is 5.56 Å². The van der Waals surface area contributed by atoms with Crippen molar-refractivity contribution in [2.75, 3.05) is 6.61 Å². The second kappa shape index (κ2) is 8.41. The zero-order valence-corrected chi connectivity index (χ0v) is 17.1. The summed E-state index contributed by atoms with van der Waals surface area (Å²) < 4.78 is 7.05. The lowest BCUT2D eigenvalue weighted by Crippen LogP contribution is -2.27. The molecule has 0 fully saturated rings. The molecule has 0 bridgehead atoms. The summed E-state index contributed by atoms with van der Waals surface area (Å²) in [4.78, 5) is 32.8. The Labute approximate surface area is 173 Å². The number of nitrogens with one attached hydrogen (secondary N) is 2. The van der Waals surface area contributed by atoms with E-state index >= 15 is 0 Å². The Kier molecular flexibility index (Phi) is 5.52. The number of hydrogen-bond acceptors (Lipinski definition) is 4. The van der Waals surface area contributed by atoms with Crippen LogP contribution in [0.5, 0.6) is 5.75 Å². The number of benzene rings is 2. The Morgan fingerprint density at radius 2 is 2.07 bits per heavy atom. The van der Waals surface area contributed by atoms with Crippen LogP contribution in [-0.4, -0.2) is 27.0 Å². The molecule has 30 heavy (non-hydrogen) atoms. The van der Waals surface area contributed by atoms with Gasteiger partial charge in [-0.15, -0.1) is 0 Å². The number of carbonyl (C=O) groups is 1. The maximum Gasteiger partial charge on any atom is 0.277 e. The summed E-state index contributed by atoms with van der Waals surface area (Å²) in [5.74, 6) is 0.626. The molecule has 7 nitrogen and oxygen atoms in total. The summed E-state index contributed by atoms with van der Waals surface area (Å²) in [6, 6.07) is 13.6. The molecule has 0 saturated heterocycles. The standard InChI is InChI=1S/C23H24N4O3/c1-3-30-19-7-5-4-6-16(19)13-24-20(28)10-11-27-14-25-21-17-12-15(2)8-9-18(17)26-22(21)23(27)29/h4-9,12,14,26H,3,10-11,13H2,1-2H3,(H,24,28). The number of fused-ring (bicyclic) bond motifs is 3. The lowest BCUT2D eigenvalue weighted by Gasteiger charge is -2.11. The van der Waals surface area contributed by atoms with Crippen molar-refractivity contribution in [2.45, 2.75) is 33.4 Å². The minimum absolute atomic E-state index is 0.138. The summed E-state index contributed by atoms with van der Waals surface area (Å²) in [7, 11) is 0. The molecule has 7 heteroatoms. The van der Waals surface area contributed by atoms with Gasteiger partial charge in [-0.2, -0.15) is 0 Å². The largest absolute Gasteiger partial charge is 0.494 e. The SMILES string of the molecule is CCOc1ccccc1CNC(=O)CCn1cnc2c([nH]c3ccc(C)cc32)c1=O. The van der Waals surface area contributed by atoms with E-state index in [1.54, 1.807) is 0 Å². The predicted molar refractivity (Wildman–Crippen MR) is 117 cm³/mol. The van der Waals surface area contributed by atoms with Crippen molar-refractivity contribution in [3.05, 3.63) is 70.3 Å². The molecule has 0 aliphatic heterocycles. The molecule has 2 aromatic heterocycles. The number of aromatic amines is 1. The summed E-state index contributed by atoms with van der Waals surface area (Å²) in [6.07, 6.45) is 1.70. The van der Waals surface area contributed by atoms with Crippen molar-refractivity contribution in [2.24, 2.45) is 0 Å². The number of rotatable bonds is 7. The van der Waals surface area contributed by atoms with Crippen molar-refractivity contribution < 1.29 is 9.53 Å². The molecule has 2 N–H and O–H groups in total. The molecule has 2 heterocycles. The van der Waals surface area contributed by atoms with E-state index in [0.29, 0.717) is 24.2 Å². The second-order valence-electron chi connectivity index (χ2n) is 7.21. The molecule has 4 rings (SSSR count). The molecule has 0 saturated carbocycles. The first-order chi connectivity index (χ1) is 14.6. The molecule has 154 valence electrons. The van der Waals surface area contributed by atoms with Gasteiger partial charge >= 0.3 is 0 Å². The number of aromatic nitrogens is 3. The Balaban J connectivity index is 1.45. The monoisotopic (exact) mass is 404 g/mol. The zero-order valence-electron chi connectivity index (χ0n) is 17.1. The average molecular weight is 404 g/mol. The van der Waals surface area contributed by atoms with E-state index in [4.69, 9.17) is 4.74 Å². The van der Waals surface area contributed by atoms with Crippen molar-refractivity contribution >= 4 is 27.8 Å².